The van der Waals surface area contributed by atoms with E-state index in [2.05, 4.69) is 27.9 Å². The van der Waals surface area contributed by atoms with Crippen molar-refractivity contribution >= 4 is 22.6 Å². The van der Waals surface area contributed by atoms with Gasteiger partial charge in [-0.1, -0.05) is 18.2 Å². The van der Waals surface area contributed by atoms with Crippen LogP contribution >= 0.6 is 22.6 Å². The molecule has 1 N–H and O–H groups in total. The summed E-state index contributed by atoms with van der Waals surface area (Å²) in [5.41, 5.74) is 0.0669. The van der Waals surface area contributed by atoms with Crippen LogP contribution in [0.1, 0.15) is 22.7 Å². The number of halogens is 5. The standard InChI is InChI=1S/C15H12F4IN/c1-21-14(9-3-2-4-11(20)7-9)10-5-6-12(13(16)8-10)15(17,18)19/h2-8,14,21H,1H3. The summed E-state index contributed by atoms with van der Waals surface area (Å²) in [6, 6.07) is 10.2. The van der Waals surface area contributed by atoms with E-state index in [4.69, 9.17) is 0 Å². The summed E-state index contributed by atoms with van der Waals surface area (Å²) < 4.78 is 52.4. The number of alkyl halides is 3. The van der Waals surface area contributed by atoms with E-state index >= 15 is 0 Å². The fraction of sp³-hybridized carbons (Fsp3) is 0.200. The van der Waals surface area contributed by atoms with Gasteiger partial charge < -0.3 is 5.32 Å². The quantitative estimate of drug-likeness (QED) is 0.570. The SMILES string of the molecule is CNC(c1cccc(I)c1)c1ccc(C(F)(F)F)c(F)c1. The van der Waals surface area contributed by atoms with Gasteiger partial charge in [-0.2, -0.15) is 13.2 Å². The molecule has 0 aliphatic heterocycles. The molecule has 1 atom stereocenters. The van der Waals surface area contributed by atoms with Crippen LogP contribution in [0.3, 0.4) is 0 Å². The van der Waals surface area contributed by atoms with E-state index in [1.54, 1.807) is 7.05 Å². The Morgan fingerprint density at radius 3 is 2.24 bits per heavy atom. The number of hydrogen-bond acceptors (Lipinski definition) is 1. The summed E-state index contributed by atoms with van der Waals surface area (Å²) in [4.78, 5) is 0. The molecule has 21 heavy (non-hydrogen) atoms. The predicted octanol–water partition coefficient (Wildman–Crippen LogP) is 4.76. The highest BCUT2D eigenvalue weighted by atomic mass is 127. The van der Waals surface area contributed by atoms with E-state index in [9.17, 15) is 17.6 Å². The van der Waals surface area contributed by atoms with Crippen molar-refractivity contribution in [2.24, 2.45) is 0 Å². The molecule has 0 amide bonds. The third-order valence-electron chi connectivity index (χ3n) is 3.10. The smallest absolute Gasteiger partial charge is 0.309 e. The van der Waals surface area contributed by atoms with Gasteiger partial charge in [0.2, 0.25) is 0 Å². The summed E-state index contributed by atoms with van der Waals surface area (Å²) >= 11 is 2.15. The van der Waals surface area contributed by atoms with Crippen LogP contribution in [-0.4, -0.2) is 7.05 Å². The van der Waals surface area contributed by atoms with E-state index in [0.717, 1.165) is 21.3 Å². The topological polar surface area (TPSA) is 12.0 Å². The minimum absolute atomic E-state index is 0.364. The second kappa shape index (κ2) is 6.31. The van der Waals surface area contributed by atoms with Crippen LogP contribution in [0.25, 0.3) is 0 Å². The van der Waals surface area contributed by atoms with Crippen molar-refractivity contribution in [3.05, 3.63) is 68.5 Å². The molecule has 2 rings (SSSR count). The van der Waals surface area contributed by atoms with Crippen molar-refractivity contribution in [1.82, 2.24) is 5.32 Å². The number of benzene rings is 2. The molecule has 0 heterocycles. The summed E-state index contributed by atoms with van der Waals surface area (Å²) in [5.74, 6) is -1.26. The molecule has 0 radical (unpaired) electrons. The first-order valence-corrected chi connectivity index (χ1v) is 7.20. The number of nitrogens with one attached hydrogen (secondary N) is 1. The first kappa shape index (κ1) is 16.2. The van der Waals surface area contributed by atoms with Crippen LogP contribution in [0.5, 0.6) is 0 Å². The minimum Gasteiger partial charge on any atom is -0.309 e. The van der Waals surface area contributed by atoms with E-state index in [1.807, 2.05) is 24.3 Å². The maximum atomic E-state index is 13.7. The molecule has 0 saturated carbocycles. The Balaban J connectivity index is 2.42. The van der Waals surface area contributed by atoms with Crippen LogP contribution in [0.15, 0.2) is 42.5 Å². The van der Waals surface area contributed by atoms with Crippen LogP contribution in [0.2, 0.25) is 0 Å². The highest BCUT2D eigenvalue weighted by molar-refractivity contribution is 14.1. The van der Waals surface area contributed by atoms with Gasteiger partial charge in [0, 0.05) is 3.57 Å². The first-order valence-electron chi connectivity index (χ1n) is 6.12. The summed E-state index contributed by atoms with van der Waals surface area (Å²) in [6.45, 7) is 0. The molecule has 0 fully saturated rings. The Hall–Kier alpha value is -1.15. The zero-order valence-electron chi connectivity index (χ0n) is 11.0. The first-order chi connectivity index (χ1) is 9.82. The van der Waals surface area contributed by atoms with Gasteiger partial charge >= 0.3 is 6.18 Å². The molecule has 6 heteroatoms. The van der Waals surface area contributed by atoms with Gasteiger partial charge in [-0.15, -0.1) is 0 Å². The van der Waals surface area contributed by atoms with Crippen LogP contribution in [-0.2, 0) is 6.18 Å². The zero-order valence-corrected chi connectivity index (χ0v) is 13.2. The Bertz CT molecular complexity index is 640. The molecule has 0 aromatic heterocycles. The van der Waals surface area contributed by atoms with Crippen LogP contribution < -0.4 is 5.32 Å². The molecule has 112 valence electrons. The van der Waals surface area contributed by atoms with Gasteiger partial charge in [-0.05, 0) is 65.0 Å². The van der Waals surface area contributed by atoms with Gasteiger partial charge in [0.05, 0.1) is 11.6 Å². The van der Waals surface area contributed by atoms with Crippen LogP contribution in [0, 0.1) is 9.39 Å². The summed E-state index contributed by atoms with van der Waals surface area (Å²) in [7, 11) is 1.68. The van der Waals surface area contributed by atoms with Gasteiger partial charge in [-0.3, -0.25) is 0 Å². The Morgan fingerprint density at radius 2 is 1.71 bits per heavy atom. The summed E-state index contributed by atoms with van der Waals surface area (Å²) in [6.07, 6.45) is -4.68. The normalized spacial score (nSPS) is 13.2. The second-order valence-electron chi connectivity index (χ2n) is 4.51. The highest BCUT2D eigenvalue weighted by Gasteiger charge is 2.34. The van der Waals surface area contributed by atoms with Crippen LogP contribution in [0.4, 0.5) is 17.6 Å². The molecular formula is C15H12F4IN. The Labute approximate surface area is 133 Å². The Morgan fingerprint density at radius 1 is 1.05 bits per heavy atom. The second-order valence-corrected chi connectivity index (χ2v) is 5.76. The van der Waals surface area contributed by atoms with Crippen molar-refractivity contribution in [3.8, 4) is 0 Å². The number of rotatable bonds is 3. The van der Waals surface area contributed by atoms with Crippen molar-refractivity contribution in [1.29, 1.82) is 0 Å². The molecule has 0 aliphatic carbocycles. The lowest BCUT2D eigenvalue weighted by Gasteiger charge is -2.19. The average Bonchev–Trinajstić information content (AvgIpc) is 2.38. The van der Waals surface area contributed by atoms with E-state index in [1.165, 1.54) is 6.07 Å². The summed E-state index contributed by atoms with van der Waals surface area (Å²) in [5, 5.41) is 3.00. The maximum absolute atomic E-state index is 13.7. The van der Waals surface area contributed by atoms with E-state index in [-0.39, 0.29) is 6.04 Å². The lowest BCUT2D eigenvalue weighted by Crippen LogP contribution is -2.18. The molecule has 2 aromatic rings. The molecule has 1 nitrogen and oxygen atoms in total. The predicted molar refractivity (Wildman–Crippen MR) is 81.5 cm³/mol. The van der Waals surface area contributed by atoms with Gasteiger partial charge in [0.1, 0.15) is 5.82 Å². The molecule has 0 saturated heterocycles. The van der Waals surface area contributed by atoms with Crippen molar-refractivity contribution < 1.29 is 17.6 Å². The van der Waals surface area contributed by atoms with Crippen molar-refractivity contribution in [2.75, 3.05) is 7.05 Å². The van der Waals surface area contributed by atoms with Crippen molar-refractivity contribution in [2.45, 2.75) is 12.2 Å². The molecular weight excluding hydrogens is 397 g/mol. The third-order valence-corrected chi connectivity index (χ3v) is 3.77. The van der Waals surface area contributed by atoms with Gasteiger partial charge in [0.25, 0.3) is 0 Å². The monoisotopic (exact) mass is 409 g/mol. The molecule has 2 aromatic carbocycles. The fourth-order valence-corrected chi connectivity index (χ4v) is 2.72. The number of hydrogen-bond donors (Lipinski definition) is 1. The maximum Gasteiger partial charge on any atom is 0.419 e. The lowest BCUT2D eigenvalue weighted by molar-refractivity contribution is -0.140. The molecule has 0 bridgehead atoms. The highest BCUT2D eigenvalue weighted by Crippen LogP contribution is 2.33. The molecule has 0 spiro atoms. The zero-order chi connectivity index (χ0) is 15.6. The van der Waals surface area contributed by atoms with Crippen molar-refractivity contribution in [3.63, 3.8) is 0 Å². The molecule has 0 aliphatic rings. The molecule has 1 unspecified atom stereocenters. The lowest BCUT2D eigenvalue weighted by atomic mass is 9.97. The Kier molecular flexibility index (Phi) is 4.88. The van der Waals surface area contributed by atoms with E-state index < -0.39 is 17.6 Å². The average molecular weight is 409 g/mol. The van der Waals surface area contributed by atoms with E-state index in [0.29, 0.717) is 5.56 Å². The fourth-order valence-electron chi connectivity index (χ4n) is 2.15. The minimum atomic E-state index is -4.68. The van der Waals surface area contributed by atoms with Gasteiger partial charge in [0.15, 0.2) is 0 Å². The third kappa shape index (κ3) is 3.74. The largest absolute Gasteiger partial charge is 0.419 e. The van der Waals surface area contributed by atoms with Gasteiger partial charge in [-0.25, -0.2) is 4.39 Å².